The van der Waals surface area contributed by atoms with Gasteiger partial charge in [0.2, 0.25) is 0 Å². The molecule has 0 aliphatic carbocycles. The highest BCUT2D eigenvalue weighted by Gasteiger charge is 2.29. The van der Waals surface area contributed by atoms with Gasteiger partial charge in [-0.3, -0.25) is 10.1 Å². The molecule has 1 fully saturated rings. The number of benzene rings is 1. The summed E-state index contributed by atoms with van der Waals surface area (Å²) in [5, 5.41) is 14.2. The van der Waals surface area contributed by atoms with E-state index in [0.717, 1.165) is 17.4 Å². The number of thioether (sulfide) groups is 1. The topological polar surface area (TPSA) is 55.2 Å². The Kier molecular flexibility index (Phi) is 4.17. The van der Waals surface area contributed by atoms with Crippen molar-refractivity contribution in [1.29, 1.82) is 0 Å². The molecule has 18 heavy (non-hydrogen) atoms. The number of hydrogen-bond acceptors (Lipinski definition) is 4. The Hall–Kier alpha value is -0.750. The molecule has 1 saturated heterocycles. The molecule has 1 N–H and O–H groups in total. The van der Waals surface area contributed by atoms with Crippen LogP contribution in [0.15, 0.2) is 22.7 Å². The van der Waals surface area contributed by atoms with E-state index in [0.29, 0.717) is 5.69 Å². The predicted octanol–water partition coefficient (Wildman–Crippen LogP) is 4.05. The molecule has 6 heteroatoms. The maximum absolute atomic E-state index is 11.0. The highest BCUT2D eigenvalue weighted by Crippen LogP contribution is 2.38. The van der Waals surface area contributed by atoms with Crippen LogP contribution in [0.3, 0.4) is 0 Å². The first-order chi connectivity index (χ1) is 8.50. The van der Waals surface area contributed by atoms with Crippen LogP contribution in [0.4, 0.5) is 11.4 Å². The molecule has 1 aliphatic rings. The van der Waals surface area contributed by atoms with Gasteiger partial charge in [0.05, 0.1) is 4.92 Å². The second kappa shape index (κ2) is 5.48. The number of anilines is 1. The van der Waals surface area contributed by atoms with E-state index in [4.69, 9.17) is 0 Å². The molecule has 1 unspecified atom stereocenters. The number of nitro benzene ring substituents is 1. The van der Waals surface area contributed by atoms with Gasteiger partial charge < -0.3 is 5.32 Å². The minimum Gasteiger partial charge on any atom is -0.378 e. The Bertz CT molecular complexity index is 461. The summed E-state index contributed by atoms with van der Waals surface area (Å²) in [7, 11) is 0. The van der Waals surface area contributed by atoms with E-state index in [9.17, 15) is 10.1 Å². The molecule has 0 bridgehead atoms. The zero-order chi connectivity index (χ0) is 13.2. The zero-order valence-corrected chi connectivity index (χ0v) is 12.5. The lowest BCUT2D eigenvalue weighted by atomic mass is 10.1. The fourth-order valence-corrected chi connectivity index (χ4v) is 3.66. The third-order valence-corrected chi connectivity index (χ3v) is 5.14. The quantitative estimate of drug-likeness (QED) is 0.668. The van der Waals surface area contributed by atoms with Crippen LogP contribution in [-0.4, -0.2) is 22.0 Å². The number of nitrogens with one attached hydrogen (secondary N) is 1. The van der Waals surface area contributed by atoms with Gasteiger partial charge in [-0.2, -0.15) is 11.8 Å². The van der Waals surface area contributed by atoms with Gasteiger partial charge in [-0.25, -0.2) is 0 Å². The van der Waals surface area contributed by atoms with Gasteiger partial charge in [-0.15, -0.1) is 0 Å². The van der Waals surface area contributed by atoms with E-state index in [1.165, 1.54) is 18.2 Å². The van der Waals surface area contributed by atoms with E-state index in [1.807, 2.05) is 17.8 Å². The molecule has 1 aliphatic heterocycles. The lowest BCUT2D eigenvalue weighted by Gasteiger charge is -2.23. The number of nitrogens with zero attached hydrogens (tertiary/aromatic N) is 1. The van der Waals surface area contributed by atoms with Gasteiger partial charge >= 0.3 is 0 Å². The molecule has 1 atom stereocenters. The first kappa shape index (κ1) is 13.7. The number of halogens is 1. The normalized spacial score (nSPS) is 23.0. The average molecular weight is 331 g/mol. The molecule has 4 nitrogen and oxygen atoms in total. The van der Waals surface area contributed by atoms with Crippen molar-refractivity contribution < 1.29 is 4.92 Å². The first-order valence-electron chi connectivity index (χ1n) is 5.82. The van der Waals surface area contributed by atoms with Gasteiger partial charge in [-0.05, 0) is 37.7 Å². The van der Waals surface area contributed by atoms with Gasteiger partial charge in [-0.1, -0.05) is 15.9 Å². The number of nitro groups is 1. The van der Waals surface area contributed by atoms with Crippen LogP contribution < -0.4 is 5.32 Å². The van der Waals surface area contributed by atoms with Crippen molar-refractivity contribution in [1.82, 2.24) is 0 Å². The van der Waals surface area contributed by atoms with Gasteiger partial charge in [0, 0.05) is 21.8 Å². The zero-order valence-electron chi connectivity index (χ0n) is 10.1. The summed E-state index contributed by atoms with van der Waals surface area (Å²) in [4.78, 5) is 10.6. The minimum absolute atomic E-state index is 0.121. The van der Waals surface area contributed by atoms with Crippen LogP contribution in [0.5, 0.6) is 0 Å². The van der Waals surface area contributed by atoms with Crippen LogP contribution in [0.2, 0.25) is 0 Å². The molecule has 98 valence electrons. The van der Waals surface area contributed by atoms with E-state index < -0.39 is 0 Å². The van der Waals surface area contributed by atoms with Crippen molar-refractivity contribution in [3.63, 3.8) is 0 Å². The second-order valence-corrected chi connectivity index (χ2v) is 7.27. The Morgan fingerprint density at radius 2 is 2.39 bits per heavy atom. The van der Waals surface area contributed by atoms with Crippen molar-refractivity contribution in [2.75, 3.05) is 17.6 Å². The standard InChI is InChI=1S/C12H15BrN2O2S/c1-12(5-2-6-18-12)8-14-10-4-3-9(13)7-11(10)15(16)17/h3-4,7,14H,2,5-6,8H2,1H3. The van der Waals surface area contributed by atoms with Crippen LogP contribution >= 0.6 is 27.7 Å². The Balaban J connectivity index is 2.11. The average Bonchev–Trinajstić information content (AvgIpc) is 2.75. The van der Waals surface area contributed by atoms with E-state index >= 15 is 0 Å². The fourth-order valence-electron chi connectivity index (χ4n) is 2.06. The molecule has 0 aromatic heterocycles. The summed E-state index contributed by atoms with van der Waals surface area (Å²) in [6.45, 7) is 2.97. The Morgan fingerprint density at radius 3 is 3.00 bits per heavy atom. The molecule has 0 saturated carbocycles. The molecule has 1 heterocycles. The molecular weight excluding hydrogens is 316 g/mol. The van der Waals surface area contributed by atoms with Crippen LogP contribution in [-0.2, 0) is 0 Å². The largest absolute Gasteiger partial charge is 0.378 e. The summed E-state index contributed by atoms with van der Waals surface area (Å²) in [5.74, 6) is 1.18. The Morgan fingerprint density at radius 1 is 1.61 bits per heavy atom. The fraction of sp³-hybridized carbons (Fsp3) is 0.500. The summed E-state index contributed by atoms with van der Waals surface area (Å²) in [6.07, 6.45) is 2.39. The lowest BCUT2D eigenvalue weighted by Crippen LogP contribution is -2.27. The third kappa shape index (κ3) is 3.17. The predicted molar refractivity (Wildman–Crippen MR) is 79.4 cm³/mol. The first-order valence-corrected chi connectivity index (χ1v) is 7.60. The Labute approximate surface area is 119 Å². The summed E-state index contributed by atoms with van der Waals surface area (Å²) in [6, 6.07) is 5.11. The highest BCUT2D eigenvalue weighted by atomic mass is 79.9. The van der Waals surface area contributed by atoms with Gasteiger partial charge in [0.15, 0.2) is 0 Å². The molecule has 2 rings (SSSR count). The number of rotatable bonds is 4. The van der Waals surface area contributed by atoms with Crippen molar-refractivity contribution in [3.05, 3.63) is 32.8 Å². The van der Waals surface area contributed by atoms with Gasteiger partial charge in [0.1, 0.15) is 5.69 Å². The van der Waals surface area contributed by atoms with Gasteiger partial charge in [0.25, 0.3) is 5.69 Å². The van der Waals surface area contributed by atoms with Crippen LogP contribution in [0.25, 0.3) is 0 Å². The monoisotopic (exact) mass is 330 g/mol. The van der Waals surface area contributed by atoms with E-state index in [2.05, 4.69) is 28.2 Å². The SMILES string of the molecule is CC1(CNc2ccc(Br)cc2[N+](=O)[O-])CCCS1. The molecular formula is C12H15BrN2O2S. The van der Waals surface area contributed by atoms with Crippen molar-refractivity contribution >= 4 is 39.1 Å². The van der Waals surface area contributed by atoms with Crippen LogP contribution in [0, 0.1) is 10.1 Å². The molecule has 1 aromatic carbocycles. The summed E-state index contributed by atoms with van der Waals surface area (Å²) >= 11 is 5.20. The minimum atomic E-state index is -0.350. The highest BCUT2D eigenvalue weighted by molar-refractivity contribution is 9.10. The van der Waals surface area contributed by atoms with E-state index in [1.54, 1.807) is 6.07 Å². The summed E-state index contributed by atoms with van der Waals surface area (Å²) in [5.41, 5.74) is 0.716. The van der Waals surface area contributed by atoms with Crippen LogP contribution in [0.1, 0.15) is 19.8 Å². The summed E-state index contributed by atoms with van der Waals surface area (Å²) < 4.78 is 0.919. The third-order valence-electron chi connectivity index (χ3n) is 3.11. The molecule has 0 radical (unpaired) electrons. The molecule has 1 aromatic rings. The number of hydrogen-bond donors (Lipinski definition) is 1. The van der Waals surface area contributed by atoms with Crippen molar-refractivity contribution in [2.45, 2.75) is 24.5 Å². The van der Waals surface area contributed by atoms with Crippen molar-refractivity contribution in [2.24, 2.45) is 0 Å². The molecule has 0 amide bonds. The lowest BCUT2D eigenvalue weighted by molar-refractivity contribution is -0.384. The second-order valence-electron chi connectivity index (χ2n) is 4.67. The maximum Gasteiger partial charge on any atom is 0.293 e. The smallest absolute Gasteiger partial charge is 0.293 e. The molecule has 0 spiro atoms. The van der Waals surface area contributed by atoms with Crippen molar-refractivity contribution in [3.8, 4) is 0 Å². The maximum atomic E-state index is 11.0. The van der Waals surface area contributed by atoms with E-state index in [-0.39, 0.29) is 15.4 Å².